The first-order valence-electron chi connectivity index (χ1n) is 4.51. The number of hydrogen-bond acceptors (Lipinski definition) is 4. The Labute approximate surface area is 88.4 Å². The smallest absolute Gasteiger partial charge is 0.251 e. The SMILES string of the molecule is C/C(O)=C/C(N)=N/c1nc(C)cc(C)n1. The lowest BCUT2D eigenvalue weighted by Crippen LogP contribution is -2.08. The van der Waals surface area contributed by atoms with Crippen LogP contribution >= 0.6 is 0 Å². The molecule has 0 radical (unpaired) electrons. The maximum atomic E-state index is 8.97. The van der Waals surface area contributed by atoms with E-state index in [0.717, 1.165) is 11.4 Å². The van der Waals surface area contributed by atoms with Crippen LogP contribution in [-0.4, -0.2) is 20.9 Å². The molecule has 1 rings (SSSR count). The van der Waals surface area contributed by atoms with E-state index in [9.17, 15) is 0 Å². The molecule has 0 spiro atoms. The number of aromatic nitrogens is 2. The summed E-state index contributed by atoms with van der Waals surface area (Å²) in [5.41, 5.74) is 7.20. The Balaban J connectivity index is 3.03. The van der Waals surface area contributed by atoms with Crippen LogP contribution in [0.5, 0.6) is 0 Å². The second kappa shape index (κ2) is 4.54. The number of allylic oxidation sites excluding steroid dienone is 1. The molecule has 0 aliphatic rings. The van der Waals surface area contributed by atoms with Gasteiger partial charge in [-0.3, -0.25) is 0 Å². The molecule has 0 amide bonds. The molecule has 0 unspecified atom stereocenters. The number of aliphatic hydroxyl groups is 1. The fourth-order valence-corrected chi connectivity index (χ4v) is 1.12. The van der Waals surface area contributed by atoms with Gasteiger partial charge in [-0.05, 0) is 26.8 Å². The highest BCUT2D eigenvalue weighted by molar-refractivity contribution is 5.93. The standard InChI is InChI=1S/C10H14N4O/c1-6-4-7(2)13-10(12-6)14-9(11)5-8(3)15/h4-5,15H,1-3H3,(H2,11,12,13,14)/b8-5-. The third-order valence-corrected chi connectivity index (χ3v) is 1.56. The Kier molecular flexibility index (Phi) is 3.38. The van der Waals surface area contributed by atoms with Gasteiger partial charge in [-0.1, -0.05) is 0 Å². The third-order valence-electron chi connectivity index (χ3n) is 1.56. The largest absolute Gasteiger partial charge is 0.512 e. The molecule has 15 heavy (non-hydrogen) atoms. The molecule has 0 aliphatic heterocycles. The zero-order valence-electron chi connectivity index (χ0n) is 9.02. The highest BCUT2D eigenvalue weighted by Gasteiger charge is 1.98. The van der Waals surface area contributed by atoms with E-state index in [1.54, 1.807) is 0 Å². The van der Waals surface area contributed by atoms with E-state index in [1.165, 1.54) is 13.0 Å². The van der Waals surface area contributed by atoms with Gasteiger partial charge in [-0.2, -0.15) is 4.99 Å². The first kappa shape index (κ1) is 11.2. The molecule has 5 heteroatoms. The van der Waals surface area contributed by atoms with Gasteiger partial charge in [0.25, 0.3) is 5.95 Å². The maximum Gasteiger partial charge on any atom is 0.251 e. The predicted octanol–water partition coefficient (Wildman–Crippen LogP) is 1.54. The molecule has 0 fully saturated rings. The summed E-state index contributed by atoms with van der Waals surface area (Å²) in [5, 5.41) is 8.97. The Morgan fingerprint density at radius 3 is 2.40 bits per heavy atom. The number of aliphatic imine (C=N–C) groups is 1. The van der Waals surface area contributed by atoms with Crippen molar-refractivity contribution in [2.45, 2.75) is 20.8 Å². The average Bonchev–Trinajstić information content (AvgIpc) is 1.98. The number of aliphatic hydroxyl groups excluding tert-OH is 1. The topological polar surface area (TPSA) is 84.4 Å². The third kappa shape index (κ3) is 3.76. The quantitative estimate of drug-likeness (QED) is 0.436. The predicted molar refractivity (Wildman–Crippen MR) is 59.2 cm³/mol. The molecule has 1 heterocycles. The molecule has 0 bridgehead atoms. The van der Waals surface area contributed by atoms with E-state index in [-0.39, 0.29) is 11.6 Å². The molecule has 0 aromatic carbocycles. The fourth-order valence-electron chi connectivity index (χ4n) is 1.12. The van der Waals surface area contributed by atoms with Crippen LogP contribution in [0.4, 0.5) is 5.95 Å². The van der Waals surface area contributed by atoms with Gasteiger partial charge in [-0.15, -0.1) is 0 Å². The number of amidine groups is 1. The second-order valence-corrected chi connectivity index (χ2v) is 3.27. The first-order chi connectivity index (χ1) is 6.97. The zero-order valence-corrected chi connectivity index (χ0v) is 9.02. The van der Waals surface area contributed by atoms with Gasteiger partial charge in [0.15, 0.2) is 0 Å². The molecular weight excluding hydrogens is 192 g/mol. The van der Waals surface area contributed by atoms with E-state index in [0.29, 0.717) is 5.95 Å². The Morgan fingerprint density at radius 1 is 1.40 bits per heavy atom. The molecule has 80 valence electrons. The molecule has 1 aromatic heterocycles. The van der Waals surface area contributed by atoms with Crippen LogP contribution in [0.15, 0.2) is 22.9 Å². The van der Waals surface area contributed by atoms with E-state index >= 15 is 0 Å². The highest BCUT2D eigenvalue weighted by atomic mass is 16.3. The zero-order chi connectivity index (χ0) is 11.4. The summed E-state index contributed by atoms with van der Waals surface area (Å²) >= 11 is 0. The van der Waals surface area contributed by atoms with Crippen LogP contribution in [0.1, 0.15) is 18.3 Å². The number of hydrogen-bond donors (Lipinski definition) is 2. The van der Waals surface area contributed by atoms with Crippen molar-refractivity contribution < 1.29 is 5.11 Å². The van der Waals surface area contributed by atoms with Gasteiger partial charge in [-0.25, -0.2) is 9.97 Å². The molecular formula is C10H14N4O. The number of aryl methyl sites for hydroxylation is 2. The molecule has 3 N–H and O–H groups in total. The van der Waals surface area contributed by atoms with Crippen molar-refractivity contribution in [2.24, 2.45) is 10.7 Å². The average molecular weight is 206 g/mol. The number of nitrogens with zero attached hydrogens (tertiary/aromatic N) is 3. The lowest BCUT2D eigenvalue weighted by molar-refractivity contribution is 0.415. The molecule has 0 saturated heterocycles. The Morgan fingerprint density at radius 2 is 1.93 bits per heavy atom. The highest BCUT2D eigenvalue weighted by Crippen LogP contribution is 2.07. The molecule has 5 nitrogen and oxygen atoms in total. The normalized spacial score (nSPS) is 13.0. The van der Waals surface area contributed by atoms with Crippen LogP contribution in [0.25, 0.3) is 0 Å². The molecule has 0 saturated carbocycles. The summed E-state index contributed by atoms with van der Waals surface area (Å²) < 4.78 is 0. The van der Waals surface area contributed by atoms with Crippen molar-refractivity contribution in [1.29, 1.82) is 0 Å². The number of rotatable bonds is 2. The van der Waals surface area contributed by atoms with Crippen molar-refractivity contribution in [3.8, 4) is 0 Å². The van der Waals surface area contributed by atoms with Gasteiger partial charge < -0.3 is 10.8 Å². The van der Waals surface area contributed by atoms with Crippen LogP contribution < -0.4 is 5.73 Å². The van der Waals surface area contributed by atoms with Crippen molar-refractivity contribution >= 4 is 11.8 Å². The summed E-state index contributed by atoms with van der Waals surface area (Å²) in [5.74, 6) is 0.586. The summed E-state index contributed by atoms with van der Waals surface area (Å²) in [6.45, 7) is 5.23. The minimum atomic E-state index is 0.0978. The minimum Gasteiger partial charge on any atom is -0.512 e. The van der Waals surface area contributed by atoms with Crippen molar-refractivity contribution in [3.05, 3.63) is 29.3 Å². The summed E-state index contributed by atoms with van der Waals surface area (Å²) in [6, 6.07) is 1.85. The number of nitrogens with two attached hydrogens (primary N) is 1. The molecule has 0 aliphatic carbocycles. The van der Waals surface area contributed by atoms with Crippen molar-refractivity contribution in [3.63, 3.8) is 0 Å². The van der Waals surface area contributed by atoms with Crippen LogP contribution in [0.3, 0.4) is 0 Å². The van der Waals surface area contributed by atoms with Gasteiger partial charge in [0.05, 0.1) is 5.76 Å². The van der Waals surface area contributed by atoms with Gasteiger partial charge in [0.2, 0.25) is 0 Å². The summed E-state index contributed by atoms with van der Waals surface area (Å²) in [6.07, 6.45) is 1.35. The molecule has 0 atom stereocenters. The van der Waals surface area contributed by atoms with Gasteiger partial charge in [0, 0.05) is 17.5 Å². The van der Waals surface area contributed by atoms with E-state index in [1.807, 2.05) is 19.9 Å². The van der Waals surface area contributed by atoms with E-state index in [4.69, 9.17) is 10.8 Å². The van der Waals surface area contributed by atoms with Crippen LogP contribution in [-0.2, 0) is 0 Å². The minimum absolute atomic E-state index is 0.0978. The fraction of sp³-hybridized carbons (Fsp3) is 0.300. The first-order valence-corrected chi connectivity index (χ1v) is 4.51. The Hall–Kier alpha value is -1.91. The molecule has 1 aromatic rings. The summed E-state index contributed by atoms with van der Waals surface area (Å²) in [7, 11) is 0. The van der Waals surface area contributed by atoms with Crippen LogP contribution in [0.2, 0.25) is 0 Å². The van der Waals surface area contributed by atoms with Gasteiger partial charge >= 0.3 is 0 Å². The lowest BCUT2D eigenvalue weighted by Gasteiger charge is -1.98. The van der Waals surface area contributed by atoms with Crippen LogP contribution in [0, 0.1) is 13.8 Å². The Bertz CT molecular complexity index is 399. The maximum absolute atomic E-state index is 8.97. The van der Waals surface area contributed by atoms with Gasteiger partial charge in [0.1, 0.15) is 5.84 Å². The lowest BCUT2D eigenvalue weighted by atomic mass is 10.4. The monoisotopic (exact) mass is 206 g/mol. The summed E-state index contributed by atoms with van der Waals surface area (Å²) in [4.78, 5) is 12.1. The van der Waals surface area contributed by atoms with E-state index < -0.39 is 0 Å². The van der Waals surface area contributed by atoms with E-state index in [2.05, 4.69) is 15.0 Å². The second-order valence-electron chi connectivity index (χ2n) is 3.27. The van der Waals surface area contributed by atoms with Crippen molar-refractivity contribution in [2.75, 3.05) is 0 Å². The van der Waals surface area contributed by atoms with Crippen molar-refractivity contribution in [1.82, 2.24) is 9.97 Å².